The van der Waals surface area contributed by atoms with Crippen LogP contribution < -0.4 is 26.0 Å². The molecule has 0 aliphatic carbocycles. The number of hydrogen-bond donors (Lipinski definition) is 7. The number of rotatable bonds is 23. The van der Waals surface area contributed by atoms with Crippen LogP contribution in [-0.2, 0) is 28.8 Å². The van der Waals surface area contributed by atoms with Crippen molar-refractivity contribution in [2.75, 3.05) is 18.6 Å². The Bertz CT molecular complexity index is 1860. The fourth-order valence-electron chi connectivity index (χ4n) is 5.46. The summed E-state index contributed by atoms with van der Waals surface area (Å²) in [5.41, 5.74) is 0.353. The molecule has 3 rings (SSSR count). The first kappa shape index (κ1) is 43.5. The van der Waals surface area contributed by atoms with Gasteiger partial charge in [0.25, 0.3) is 11.8 Å². The number of nitrogens with one attached hydrogen (secondary N) is 4. The number of benzene rings is 2. The normalized spacial score (nSPS) is 12.2. The Morgan fingerprint density at radius 2 is 1.61 bits per heavy atom. The number of hydrogen-bond acceptors (Lipinski definition) is 11. The molecule has 0 aliphatic heterocycles. The zero-order valence-corrected chi connectivity index (χ0v) is 30.5. The average molecular weight is 782 g/mol. The number of para-hydroxylation sites is 1. The molecule has 0 spiro atoms. The van der Waals surface area contributed by atoms with Gasteiger partial charge in [-0.3, -0.25) is 29.3 Å². The Morgan fingerprint density at radius 3 is 2.23 bits per heavy atom. The molecular weight excluding hydrogens is 738 g/mol. The highest BCUT2D eigenvalue weighted by molar-refractivity contribution is 6.00. The van der Waals surface area contributed by atoms with Gasteiger partial charge in [0.05, 0.1) is 30.6 Å². The summed E-state index contributed by atoms with van der Waals surface area (Å²) in [6, 6.07) is 12.3. The lowest BCUT2D eigenvalue weighted by Crippen LogP contribution is -2.49. The molecule has 7 N–H and O–H groups in total. The van der Waals surface area contributed by atoms with E-state index >= 15 is 0 Å². The first-order chi connectivity index (χ1) is 26.8. The predicted octanol–water partition coefficient (Wildman–Crippen LogP) is 3.47. The molecule has 0 radical (unpaired) electrons. The van der Waals surface area contributed by atoms with Crippen molar-refractivity contribution in [2.45, 2.75) is 64.5 Å². The van der Waals surface area contributed by atoms with Crippen LogP contribution in [0.4, 0.5) is 10.5 Å². The van der Waals surface area contributed by atoms with Crippen molar-refractivity contribution in [3.8, 4) is 17.1 Å². The number of nitrogens with zero attached hydrogens (tertiary/aromatic N) is 1. The Balaban J connectivity index is 1.70. The summed E-state index contributed by atoms with van der Waals surface area (Å²) in [4.78, 5) is 103. The Labute approximate surface area is 320 Å². The van der Waals surface area contributed by atoms with Gasteiger partial charge in [0.15, 0.2) is 12.4 Å². The Hall–Kier alpha value is -6.92. The van der Waals surface area contributed by atoms with E-state index in [0.29, 0.717) is 24.9 Å². The van der Waals surface area contributed by atoms with Crippen molar-refractivity contribution in [1.82, 2.24) is 21.0 Å². The monoisotopic (exact) mass is 781 g/mol. The largest absolute Gasteiger partial charge is 0.481 e. The van der Waals surface area contributed by atoms with Crippen LogP contribution in [0.3, 0.4) is 0 Å². The fraction of sp³-hybridized carbons (Fsp3) is 0.351. The van der Waals surface area contributed by atoms with E-state index in [1.807, 2.05) is 6.92 Å². The summed E-state index contributed by atoms with van der Waals surface area (Å²) in [5, 5.41) is 37.9. The molecule has 300 valence electrons. The van der Waals surface area contributed by atoms with Gasteiger partial charge in [0.1, 0.15) is 17.6 Å². The molecule has 1 heterocycles. The summed E-state index contributed by atoms with van der Waals surface area (Å²) in [7, 11) is 0. The van der Waals surface area contributed by atoms with Gasteiger partial charge in [0, 0.05) is 11.3 Å². The summed E-state index contributed by atoms with van der Waals surface area (Å²) in [6.07, 6.45) is 1.38. The molecule has 1 aromatic heterocycles. The van der Waals surface area contributed by atoms with Crippen molar-refractivity contribution >= 4 is 53.8 Å². The van der Waals surface area contributed by atoms with E-state index in [4.69, 9.17) is 24.2 Å². The maximum Gasteiger partial charge on any atom is 0.436 e. The van der Waals surface area contributed by atoms with Crippen LogP contribution in [0.25, 0.3) is 11.3 Å². The number of anilines is 1. The van der Waals surface area contributed by atoms with Crippen molar-refractivity contribution in [3.05, 3.63) is 72.0 Å². The number of aliphatic carboxylic acids is 3. The van der Waals surface area contributed by atoms with Gasteiger partial charge in [0.2, 0.25) is 12.3 Å². The quantitative estimate of drug-likeness (QED) is 0.0314. The number of carbonyl (C=O) groups excluding carboxylic acids is 5. The summed E-state index contributed by atoms with van der Waals surface area (Å²) in [6.45, 7) is 2.49. The third kappa shape index (κ3) is 13.2. The lowest BCUT2D eigenvalue weighted by atomic mass is 9.90. The van der Waals surface area contributed by atoms with E-state index in [1.54, 1.807) is 37.3 Å². The first-order valence-corrected chi connectivity index (χ1v) is 17.5. The number of hydroxylamine groups is 2. The molecule has 0 aliphatic rings. The molecule has 2 unspecified atom stereocenters. The van der Waals surface area contributed by atoms with Crippen LogP contribution >= 0.6 is 0 Å². The van der Waals surface area contributed by atoms with Crippen LogP contribution in [0.2, 0.25) is 0 Å². The minimum atomic E-state index is -1.79. The lowest BCUT2D eigenvalue weighted by molar-refractivity contribution is -0.167. The molecular formula is C37H43N5O14. The minimum absolute atomic E-state index is 0.0765. The zero-order valence-electron chi connectivity index (χ0n) is 30.5. The van der Waals surface area contributed by atoms with Gasteiger partial charge < -0.3 is 45.3 Å². The fourth-order valence-corrected chi connectivity index (χ4v) is 5.46. The smallest absolute Gasteiger partial charge is 0.436 e. The SMILES string of the molecule is CCCCCC(C(=O)NCNC(=O)c1ccc(-c2ccc(C(=O)NC(CC(=O)O)C(=O)O)c(OCC(=O)O)c2)o1)[C@@H](CC)N(C=O)OC(=O)Nc1ccccc1. The van der Waals surface area contributed by atoms with Gasteiger partial charge in [-0.25, -0.2) is 14.4 Å². The molecule has 3 atom stereocenters. The van der Waals surface area contributed by atoms with E-state index in [2.05, 4.69) is 21.3 Å². The highest BCUT2D eigenvalue weighted by atomic mass is 16.7. The van der Waals surface area contributed by atoms with E-state index < -0.39 is 72.8 Å². The summed E-state index contributed by atoms with van der Waals surface area (Å²) in [5.74, 6) is -8.02. The second kappa shape index (κ2) is 21.7. The van der Waals surface area contributed by atoms with Crippen LogP contribution in [-0.4, -0.2) is 93.9 Å². The predicted molar refractivity (Wildman–Crippen MR) is 195 cm³/mol. The molecule has 5 amide bonds. The standard InChI is InChI=1S/C37H43N5O14/c1-3-5-7-12-24(27(4-2)42(21-43)56-37(53)40-23-10-8-6-9-11-23)33(48)38-20-39-35(50)29-16-15-28(55-29)22-13-14-25(30(17-22)54-19-32(46)47)34(49)41-26(36(51)52)18-31(44)45/h6,8-11,13-17,21,24,26-27H,3-5,7,12,18-20H2,1-2H3,(H,38,48)(H,39,50)(H,40,53)(H,41,49)(H,44,45)(H,46,47)(H,51,52)/t24?,26?,27-/m1/s1. The van der Waals surface area contributed by atoms with Gasteiger partial charge in [-0.15, -0.1) is 0 Å². The second-order valence-corrected chi connectivity index (χ2v) is 12.2. The molecule has 0 saturated heterocycles. The third-order valence-corrected chi connectivity index (χ3v) is 8.16. The number of furan rings is 1. The first-order valence-electron chi connectivity index (χ1n) is 17.5. The lowest BCUT2D eigenvalue weighted by Gasteiger charge is -2.31. The molecule has 0 saturated carbocycles. The van der Waals surface area contributed by atoms with Gasteiger partial charge in [-0.05, 0) is 49.2 Å². The zero-order chi connectivity index (χ0) is 41.2. The van der Waals surface area contributed by atoms with Crippen LogP contribution in [0.15, 0.2) is 65.1 Å². The Kier molecular flexibility index (Phi) is 16.8. The number of carboxylic acids is 3. The van der Waals surface area contributed by atoms with Crippen molar-refractivity contribution < 1.29 is 67.7 Å². The number of ether oxygens (including phenoxy) is 1. The Morgan fingerprint density at radius 1 is 0.875 bits per heavy atom. The summed E-state index contributed by atoms with van der Waals surface area (Å²) < 4.78 is 10.9. The average Bonchev–Trinajstić information content (AvgIpc) is 3.66. The minimum Gasteiger partial charge on any atom is -0.481 e. The molecule has 0 fully saturated rings. The topological polar surface area (TPSA) is 280 Å². The van der Waals surface area contributed by atoms with E-state index in [9.17, 15) is 43.5 Å². The van der Waals surface area contributed by atoms with Crippen molar-refractivity contribution in [3.63, 3.8) is 0 Å². The van der Waals surface area contributed by atoms with Crippen molar-refractivity contribution in [2.24, 2.45) is 5.92 Å². The molecule has 56 heavy (non-hydrogen) atoms. The maximum atomic E-state index is 13.5. The molecule has 2 aromatic carbocycles. The van der Waals surface area contributed by atoms with Crippen LogP contribution in [0.5, 0.6) is 5.75 Å². The molecule has 0 bridgehead atoms. The summed E-state index contributed by atoms with van der Waals surface area (Å²) >= 11 is 0. The number of carbonyl (C=O) groups is 8. The molecule has 19 heteroatoms. The third-order valence-electron chi connectivity index (χ3n) is 8.16. The van der Waals surface area contributed by atoms with E-state index in [-0.39, 0.29) is 41.5 Å². The molecule has 19 nitrogen and oxygen atoms in total. The van der Waals surface area contributed by atoms with E-state index in [0.717, 1.165) is 17.9 Å². The number of amides is 5. The van der Waals surface area contributed by atoms with Crippen LogP contribution in [0.1, 0.15) is 73.3 Å². The highest BCUT2D eigenvalue weighted by Crippen LogP contribution is 2.29. The highest BCUT2D eigenvalue weighted by Gasteiger charge is 2.33. The number of carboxylic acid groups (broad SMARTS) is 3. The molecule has 3 aromatic rings. The second-order valence-electron chi connectivity index (χ2n) is 12.2. The van der Waals surface area contributed by atoms with Gasteiger partial charge in [-0.2, -0.15) is 5.06 Å². The van der Waals surface area contributed by atoms with Crippen molar-refractivity contribution in [1.29, 1.82) is 0 Å². The maximum absolute atomic E-state index is 13.5. The number of unbranched alkanes of at least 4 members (excludes halogenated alkanes) is 2. The van der Waals surface area contributed by atoms with Gasteiger partial charge >= 0.3 is 24.0 Å². The van der Waals surface area contributed by atoms with Gasteiger partial charge in [-0.1, -0.05) is 57.4 Å². The van der Waals surface area contributed by atoms with Crippen LogP contribution in [0, 0.1) is 5.92 Å². The van der Waals surface area contributed by atoms with E-state index in [1.165, 1.54) is 30.3 Å².